The molecular weight excluding hydrogens is 252 g/mol. The summed E-state index contributed by atoms with van der Waals surface area (Å²) >= 11 is 0. The molecule has 0 aliphatic heterocycles. The molecule has 6 rings (SSSR count). The molecule has 0 spiro atoms. The monoisotopic (exact) mass is 268 g/mol. The van der Waals surface area contributed by atoms with Crippen LogP contribution in [0.15, 0.2) is 72.8 Å². The highest BCUT2D eigenvalue weighted by Gasteiger charge is 2.36. The summed E-state index contributed by atoms with van der Waals surface area (Å²) in [6.45, 7) is 0. The van der Waals surface area contributed by atoms with Gasteiger partial charge in [0.05, 0.1) is 0 Å². The largest absolute Gasteiger partial charge is 0.0620 e. The van der Waals surface area contributed by atoms with Crippen LogP contribution in [-0.4, -0.2) is 0 Å². The molecule has 21 heavy (non-hydrogen) atoms. The molecule has 3 aromatic rings. The van der Waals surface area contributed by atoms with Crippen LogP contribution in [0.5, 0.6) is 0 Å². The summed E-state index contributed by atoms with van der Waals surface area (Å²) in [6.07, 6.45) is 1.13. The van der Waals surface area contributed by atoms with E-state index in [2.05, 4.69) is 72.8 Å². The molecule has 0 amide bonds. The molecule has 0 radical (unpaired) electrons. The first-order valence-corrected chi connectivity index (χ1v) is 7.69. The molecule has 0 nitrogen and oxygen atoms in total. The molecule has 0 atom stereocenters. The summed E-state index contributed by atoms with van der Waals surface area (Å²) in [7, 11) is 0. The van der Waals surface area contributed by atoms with Crippen LogP contribution in [-0.2, 0) is 6.42 Å². The van der Waals surface area contributed by atoms with Gasteiger partial charge in [-0.2, -0.15) is 0 Å². The maximum absolute atomic E-state index is 2.33. The van der Waals surface area contributed by atoms with E-state index in [-0.39, 0.29) is 0 Å². The van der Waals surface area contributed by atoms with Crippen molar-refractivity contribution in [2.24, 2.45) is 0 Å². The maximum Gasteiger partial charge on any atom is 0.0348 e. The van der Waals surface area contributed by atoms with Crippen LogP contribution in [0.2, 0.25) is 0 Å². The van der Waals surface area contributed by atoms with Crippen LogP contribution in [0.3, 0.4) is 0 Å². The van der Waals surface area contributed by atoms with E-state index >= 15 is 0 Å². The molecule has 0 heteroatoms. The Morgan fingerprint density at radius 3 is 1.62 bits per heavy atom. The first kappa shape index (κ1) is 11.3. The third kappa shape index (κ3) is 1.45. The van der Waals surface area contributed by atoms with Crippen molar-refractivity contribution in [2.75, 3.05) is 0 Å². The highest BCUT2D eigenvalue weighted by Crippen LogP contribution is 2.51. The van der Waals surface area contributed by atoms with Gasteiger partial charge in [-0.25, -0.2) is 0 Å². The second-order valence-electron chi connectivity index (χ2n) is 6.15. The molecule has 0 unspecified atom stereocenters. The minimum absolute atomic E-state index is 0.410. The van der Waals surface area contributed by atoms with Crippen LogP contribution in [0.1, 0.15) is 45.2 Å². The minimum Gasteiger partial charge on any atom is -0.0620 e. The Morgan fingerprint density at radius 2 is 1.00 bits per heavy atom. The van der Waals surface area contributed by atoms with Crippen molar-refractivity contribution in [1.29, 1.82) is 0 Å². The van der Waals surface area contributed by atoms with Gasteiger partial charge in [-0.3, -0.25) is 0 Å². The van der Waals surface area contributed by atoms with Crippen molar-refractivity contribution in [2.45, 2.75) is 18.3 Å². The van der Waals surface area contributed by atoms with E-state index < -0.39 is 0 Å². The van der Waals surface area contributed by atoms with Crippen molar-refractivity contribution in [3.63, 3.8) is 0 Å². The average molecular weight is 268 g/mol. The van der Waals surface area contributed by atoms with Gasteiger partial charge >= 0.3 is 0 Å². The molecule has 0 aromatic heterocycles. The van der Waals surface area contributed by atoms with Crippen molar-refractivity contribution >= 4 is 0 Å². The van der Waals surface area contributed by atoms with Gasteiger partial charge in [-0.05, 0) is 39.8 Å². The summed E-state index contributed by atoms with van der Waals surface area (Å²) in [5.41, 5.74) is 9.07. The Bertz CT molecular complexity index is 781. The van der Waals surface area contributed by atoms with E-state index in [1.807, 2.05) is 0 Å². The van der Waals surface area contributed by atoms with Gasteiger partial charge in [0.25, 0.3) is 0 Å². The zero-order valence-electron chi connectivity index (χ0n) is 11.8. The number of rotatable bonds is 0. The lowest BCUT2D eigenvalue weighted by molar-refractivity contribution is 0.774. The van der Waals surface area contributed by atoms with Crippen molar-refractivity contribution in [3.05, 3.63) is 106 Å². The van der Waals surface area contributed by atoms with Crippen LogP contribution in [0.4, 0.5) is 0 Å². The number of hydrogen-bond donors (Lipinski definition) is 0. The first-order chi connectivity index (χ1) is 10.4. The highest BCUT2D eigenvalue weighted by molar-refractivity contribution is 5.61. The van der Waals surface area contributed by atoms with Gasteiger partial charge in [-0.1, -0.05) is 72.8 Å². The summed E-state index contributed by atoms with van der Waals surface area (Å²) in [4.78, 5) is 0. The molecule has 0 fully saturated rings. The van der Waals surface area contributed by atoms with E-state index in [9.17, 15) is 0 Å². The van der Waals surface area contributed by atoms with Crippen molar-refractivity contribution in [3.8, 4) is 0 Å². The molecule has 2 bridgehead atoms. The first-order valence-electron chi connectivity index (χ1n) is 7.69. The molecule has 3 aromatic carbocycles. The lowest BCUT2D eigenvalue weighted by Crippen LogP contribution is -2.16. The number of hydrogen-bond acceptors (Lipinski definition) is 0. The highest BCUT2D eigenvalue weighted by atomic mass is 14.4. The standard InChI is InChI=1S/C21H16/c1-2-8-15-14(7-1)13-20-16-9-3-5-11-18(16)21(15)19-12-6-4-10-17(19)20/h1-12,20-21H,13H2. The van der Waals surface area contributed by atoms with Gasteiger partial charge < -0.3 is 0 Å². The molecule has 0 saturated carbocycles. The van der Waals surface area contributed by atoms with E-state index in [0.717, 1.165) is 6.42 Å². The SMILES string of the molecule is c1ccc2c(c1)CC1c3ccccc3C2c2ccccc21. The Balaban J connectivity index is 1.92. The summed E-state index contributed by atoms with van der Waals surface area (Å²) in [5, 5.41) is 0. The molecule has 0 saturated heterocycles. The summed E-state index contributed by atoms with van der Waals surface area (Å²) in [5.74, 6) is 0.921. The Hall–Kier alpha value is -2.34. The van der Waals surface area contributed by atoms with Gasteiger partial charge in [0.1, 0.15) is 0 Å². The maximum atomic E-state index is 2.33. The van der Waals surface area contributed by atoms with Crippen molar-refractivity contribution < 1.29 is 0 Å². The zero-order chi connectivity index (χ0) is 13.8. The smallest absolute Gasteiger partial charge is 0.0348 e. The number of benzene rings is 3. The molecule has 100 valence electrons. The molecular formula is C21H16. The Morgan fingerprint density at radius 1 is 0.524 bits per heavy atom. The fraction of sp³-hybridized carbons (Fsp3) is 0.143. The van der Waals surface area contributed by atoms with Gasteiger partial charge in [-0.15, -0.1) is 0 Å². The minimum atomic E-state index is 0.410. The molecule has 0 N–H and O–H groups in total. The Kier molecular flexibility index (Phi) is 2.20. The van der Waals surface area contributed by atoms with Crippen LogP contribution in [0, 0.1) is 0 Å². The second-order valence-corrected chi connectivity index (χ2v) is 6.15. The van der Waals surface area contributed by atoms with Crippen molar-refractivity contribution in [1.82, 2.24) is 0 Å². The van der Waals surface area contributed by atoms with Gasteiger partial charge in [0, 0.05) is 11.8 Å². The van der Waals surface area contributed by atoms with Crippen LogP contribution in [0.25, 0.3) is 0 Å². The topological polar surface area (TPSA) is 0 Å². The Labute approximate surface area is 125 Å². The fourth-order valence-corrected chi connectivity index (χ4v) is 4.29. The second kappa shape index (κ2) is 4.08. The zero-order valence-corrected chi connectivity index (χ0v) is 11.8. The average Bonchev–Trinajstić information content (AvgIpc) is 2.79. The fourth-order valence-electron chi connectivity index (χ4n) is 4.29. The van der Waals surface area contributed by atoms with E-state index in [1.165, 1.54) is 33.4 Å². The lowest BCUT2D eigenvalue weighted by atomic mass is 9.73. The van der Waals surface area contributed by atoms with Gasteiger partial charge in [0.15, 0.2) is 0 Å². The normalized spacial score (nSPS) is 21.1. The summed E-state index contributed by atoms with van der Waals surface area (Å²) < 4.78 is 0. The molecule has 0 heterocycles. The van der Waals surface area contributed by atoms with Crippen LogP contribution < -0.4 is 0 Å². The summed E-state index contributed by atoms with van der Waals surface area (Å²) in [6, 6.07) is 27.0. The van der Waals surface area contributed by atoms with E-state index in [1.54, 1.807) is 0 Å². The quantitative estimate of drug-likeness (QED) is 0.545. The van der Waals surface area contributed by atoms with Gasteiger partial charge in [0.2, 0.25) is 0 Å². The molecule has 3 aliphatic rings. The van der Waals surface area contributed by atoms with Crippen LogP contribution >= 0.6 is 0 Å². The van der Waals surface area contributed by atoms with E-state index in [0.29, 0.717) is 11.8 Å². The predicted octanol–water partition coefficient (Wildman–Crippen LogP) is 4.87. The molecule has 3 aliphatic carbocycles. The van der Waals surface area contributed by atoms with E-state index in [4.69, 9.17) is 0 Å². The third-order valence-electron chi connectivity index (χ3n) is 5.15. The third-order valence-corrected chi connectivity index (χ3v) is 5.15. The lowest BCUT2D eigenvalue weighted by Gasteiger charge is -2.30. The predicted molar refractivity (Wildman–Crippen MR) is 85.8 cm³/mol.